The lowest BCUT2D eigenvalue weighted by Gasteiger charge is -2.09. The van der Waals surface area contributed by atoms with E-state index >= 15 is 0 Å². The average Bonchev–Trinajstić information content (AvgIpc) is 3.57. The standard InChI is InChI=1S/C24H20N4O5S/c1-32-18-11-9-16(10-12-18)23(30)26-25-22(29)15-33-24(31)20-14-19(21-8-5-13-34-21)27-28(20)17-6-3-2-4-7-17/h2-14H,15H2,1H3,(H,25,29)(H,26,30). The molecule has 9 nitrogen and oxygen atoms in total. The van der Waals surface area contributed by atoms with Gasteiger partial charge in [-0.05, 0) is 47.8 Å². The summed E-state index contributed by atoms with van der Waals surface area (Å²) in [5.74, 6) is -1.34. The normalized spacial score (nSPS) is 10.4. The molecule has 0 fully saturated rings. The summed E-state index contributed by atoms with van der Waals surface area (Å²) in [6.07, 6.45) is 0. The molecule has 2 aromatic carbocycles. The highest BCUT2D eigenvalue weighted by atomic mass is 32.1. The Bertz CT molecular complexity index is 1280. The summed E-state index contributed by atoms with van der Waals surface area (Å²) < 4.78 is 11.7. The summed E-state index contributed by atoms with van der Waals surface area (Å²) in [4.78, 5) is 37.9. The number of carbonyl (C=O) groups excluding carboxylic acids is 3. The number of rotatable bonds is 7. The molecule has 0 aliphatic carbocycles. The van der Waals surface area contributed by atoms with Crippen molar-refractivity contribution in [2.75, 3.05) is 13.7 Å². The van der Waals surface area contributed by atoms with Crippen molar-refractivity contribution in [3.05, 3.63) is 89.4 Å². The fraction of sp³-hybridized carbons (Fsp3) is 0.0833. The zero-order chi connectivity index (χ0) is 23.9. The van der Waals surface area contributed by atoms with Gasteiger partial charge in [-0.15, -0.1) is 11.3 Å². The van der Waals surface area contributed by atoms with Crippen LogP contribution in [0.25, 0.3) is 16.3 Å². The van der Waals surface area contributed by atoms with E-state index in [-0.39, 0.29) is 5.69 Å². The van der Waals surface area contributed by atoms with E-state index < -0.39 is 24.4 Å². The van der Waals surface area contributed by atoms with Crippen LogP contribution in [-0.2, 0) is 9.53 Å². The predicted octanol–water partition coefficient (Wildman–Crippen LogP) is 3.23. The molecule has 0 unspecified atom stereocenters. The van der Waals surface area contributed by atoms with Crippen LogP contribution < -0.4 is 15.6 Å². The zero-order valence-corrected chi connectivity index (χ0v) is 18.9. The van der Waals surface area contributed by atoms with Gasteiger partial charge in [-0.25, -0.2) is 9.48 Å². The second kappa shape index (κ2) is 10.5. The quantitative estimate of drug-likeness (QED) is 0.313. The molecule has 0 atom stereocenters. The summed E-state index contributed by atoms with van der Waals surface area (Å²) in [5, 5.41) is 6.45. The molecule has 2 amide bonds. The highest BCUT2D eigenvalue weighted by Crippen LogP contribution is 2.26. The minimum absolute atomic E-state index is 0.171. The fourth-order valence-corrected chi connectivity index (χ4v) is 3.70. The van der Waals surface area contributed by atoms with Crippen molar-refractivity contribution in [2.24, 2.45) is 0 Å². The number of aromatic nitrogens is 2. The second-order valence-electron chi connectivity index (χ2n) is 6.95. The SMILES string of the molecule is COc1ccc(C(=O)NNC(=O)COC(=O)c2cc(-c3cccs3)nn2-c2ccccc2)cc1. The molecule has 4 aromatic rings. The van der Waals surface area contributed by atoms with Crippen LogP contribution in [0.15, 0.2) is 78.2 Å². The highest BCUT2D eigenvalue weighted by Gasteiger charge is 2.20. The molecule has 172 valence electrons. The first kappa shape index (κ1) is 22.7. The number of nitrogens with one attached hydrogen (secondary N) is 2. The molecular formula is C24H20N4O5S. The summed E-state index contributed by atoms with van der Waals surface area (Å²) in [7, 11) is 1.52. The van der Waals surface area contributed by atoms with Crippen molar-refractivity contribution < 1.29 is 23.9 Å². The first-order valence-electron chi connectivity index (χ1n) is 10.1. The van der Waals surface area contributed by atoms with Gasteiger partial charge in [-0.2, -0.15) is 5.10 Å². The third-order valence-electron chi connectivity index (χ3n) is 4.69. The molecule has 2 N–H and O–H groups in total. The van der Waals surface area contributed by atoms with Crippen molar-refractivity contribution in [1.82, 2.24) is 20.6 Å². The number of carbonyl (C=O) groups is 3. The van der Waals surface area contributed by atoms with E-state index in [4.69, 9.17) is 9.47 Å². The van der Waals surface area contributed by atoms with Crippen molar-refractivity contribution in [1.29, 1.82) is 0 Å². The number of hydrogen-bond donors (Lipinski definition) is 2. The Kier molecular flexibility index (Phi) is 6.99. The number of benzene rings is 2. The Labute approximate surface area is 198 Å². The monoisotopic (exact) mass is 476 g/mol. The van der Waals surface area contributed by atoms with E-state index in [9.17, 15) is 14.4 Å². The molecule has 0 aliphatic rings. The van der Waals surface area contributed by atoms with Crippen LogP contribution in [0.1, 0.15) is 20.8 Å². The summed E-state index contributed by atoms with van der Waals surface area (Å²) in [6.45, 7) is -0.587. The molecule has 0 radical (unpaired) electrons. The number of methoxy groups -OCH3 is 1. The predicted molar refractivity (Wildman–Crippen MR) is 126 cm³/mol. The van der Waals surface area contributed by atoms with Crippen molar-refractivity contribution in [3.8, 4) is 22.0 Å². The zero-order valence-electron chi connectivity index (χ0n) is 18.1. The van der Waals surface area contributed by atoms with Crippen LogP contribution in [0.3, 0.4) is 0 Å². The van der Waals surface area contributed by atoms with E-state index in [0.717, 1.165) is 4.88 Å². The number of esters is 1. The maximum atomic E-state index is 12.8. The van der Waals surface area contributed by atoms with Crippen LogP contribution in [0.5, 0.6) is 5.75 Å². The summed E-state index contributed by atoms with van der Waals surface area (Å²) >= 11 is 1.49. The third kappa shape index (κ3) is 5.30. The maximum Gasteiger partial charge on any atom is 0.357 e. The molecule has 0 bridgehead atoms. The van der Waals surface area contributed by atoms with Crippen LogP contribution >= 0.6 is 11.3 Å². The van der Waals surface area contributed by atoms with Crippen LogP contribution in [-0.4, -0.2) is 41.3 Å². The molecule has 34 heavy (non-hydrogen) atoms. The van der Waals surface area contributed by atoms with Crippen LogP contribution in [0.4, 0.5) is 0 Å². The Morgan fingerprint density at radius 3 is 2.41 bits per heavy atom. The minimum atomic E-state index is -0.726. The lowest BCUT2D eigenvalue weighted by atomic mass is 10.2. The van der Waals surface area contributed by atoms with E-state index in [1.165, 1.54) is 23.1 Å². The molecule has 0 saturated carbocycles. The summed E-state index contributed by atoms with van der Waals surface area (Å²) in [5.41, 5.74) is 6.28. The van der Waals surface area contributed by atoms with Gasteiger partial charge in [-0.3, -0.25) is 20.4 Å². The molecule has 0 spiro atoms. The topological polar surface area (TPSA) is 112 Å². The highest BCUT2D eigenvalue weighted by molar-refractivity contribution is 7.13. The molecule has 0 saturated heterocycles. The van der Waals surface area contributed by atoms with Crippen molar-refractivity contribution in [3.63, 3.8) is 0 Å². The van der Waals surface area contributed by atoms with Gasteiger partial charge in [-0.1, -0.05) is 24.3 Å². The van der Waals surface area contributed by atoms with Gasteiger partial charge < -0.3 is 9.47 Å². The van der Waals surface area contributed by atoms with E-state index in [1.54, 1.807) is 30.3 Å². The molecule has 4 rings (SSSR count). The number of ether oxygens (including phenoxy) is 2. The van der Waals surface area contributed by atoms with E-state index in [1.807, 2.05) is 47.8 Å². The molecule has 2 heterocycles. The Morgan fingerprint density at radius 2 is 1.74 bits per heavy atom. The molecule has 10 heteroatoms. The van der Waals surface area contributed by atoms with Gasteiger partial charge in [0, 0.05) is 11.6 Å². The lowest BCUT2D eigenvalue weighted by Crippen LogP contribution is -2.43. The molecule has 0 aliphatic heterocycles. The summed E-state index contributed by atoms with van der Waals surface area (Å²) in [6, 6.07) is 20.9. The fourth-order valence-electron chi connectivity index (χ4n) is 3.02. The number of nitrogens with zero attached hydrogens (tertiary/aromatic N) is 2. The second-order valence-corrected chi connectivity index (χ2v) is 7.89. The largest absolute Gasteiger partial charge is 0.497 e. The van der Waals surface area contributed by atoms with Gasteiger partial charge in [0.25, 0.3) is 11.8 Å². The van der Waals surface area contributed by atoms with E-state index in [2.05, 4.69) is 16.0 Å². The first-order valence-corrected chi connectivity index (χ1v) is 11.0. The number of amides is 2. The lowest BCUT2D eigenvalue weighted by molar-refractivity contribution is -0.125. The van der Waals surface area contributed by atoms with Gasteiger partial charge in [0.15, 0.2) is 12.3 Å². The Balaban J connectivity index is 1.39. The third-order valence-corrected chi connectivity index (χ3v) is 5.59. The van der Waals surface area contributed by atoms with Crippen molar-refractivity contribution in [2.45, 2.75) is 0 Å². The van der Waals surface area contributed by atoms with Gasteiger partial charge in [0.05, 0.1) is 17.7 Å². The first-order chi connectivity index (χ1) is 16.5. The Morgan fingerprint density at radius 1 is 0.971 bits per heavy atom. The van der Waals surface area contributed by atoms with Crippen LogP contribution in [0, 0.1) is 0 Å². The number of thiophene rings is 1. The Hall–Kier alpha value is -4.44. The number of hydrazine groups is 1. The minimum Gasteiger partial charge on any atom is -0.497 e. The smallest absolute Gasteiger partial charge is 0.357 e. The van der Waals surface area contributed by atoms with Gasteiger partial charge in [0.1, 0.15) is 11.4 Å². The average molecular weight is 477 g/mol. The number of para-hydroxylation sites is 1. The van der Waals surface area contributed by atoms with Gasteiger partial charge in [0.2, 0.25) is 0 Å². The molecule has 2 aromatic heterocycles. The maximum absolute atomic E-state index is 12.8. The van der Waals surface area contributed by atoms with Crippen LogP contribution in [0.2, 0.25) is 0 Å². The number of hydrogen-bond acceptors (Lipinski definition) is 7. The molecular weight excluding hydrogens is 456 g/mol. The van der Waals surface area contributed by atoms with E-state index in [0.29, 0.717) is 22.7 Å². The van der Waals surface area contributed by atoms with Crippen molar-refractivity contribution >= 4 is 29.1 Å². The van der Waals surface area contributed by atoms with Gasteiger partial charge >= 0.3 is 5.97 Å².